The Balaban J connectivity index is 2.19. The molecule has 8 heteroatoms. The van der Waals surface area contributed by atoms with Gasteiger partial charge in [0.1, 0.15) is 11.6 Å². The van der Waals surface area contributed by atoms with Gasteiger partial charge in [0.05, 0.1) is 0 Å². The molecule has 0 saturated carbocycles. The molecule has 1 aliphatic heterocycles. The predicted molar refractivity (Wildman–Crippen MR) is 62.4 cm³/mol. The third-order valence-corrected chi connectivity index (χ3v) is 3.70. The molecule has 3 nitrogen and oxygen atoms in total. The van der Waals surface area contributed by atoms with Gasteiger partial charge in [-0.05, 0) is 24.6 Å². The molecule has 0 spiro atoms. The van der Waals surface area contributed by atoms with E-state index in [-0.39, 0.29) is 18.7 Å². The summed E-state index contributed by atoms with van der Waals surface area (Å²) in [5.74, 6) is -3.39. The maximum Gasteiger partial charge on any atom is 0.406 e. The fourth-order valence-electron chi connectivity index (χ4n) is 2.46. The smallest absolute Gasteiger partial charge is 0.406 e. The fraction of sp³-hybridized carbons (Fsp3) is 0.462. The molecule has 2 rings (SSSR count). The van der Waals surface area contributed by atoms with Crippen molar-refractivity contribution in [1.29, 1.82) is 0 Å². The molecule has 0 aromatic heterocycles. The summed E-state index contributed by atoms with van der Waals surface area (Å²) in [6, 6.07) is 2.68. The quantitative estimate of drug-likeness (QED) is 0.873. The van der Waals surface area contributed by atoms with Crippen molar-refractivity contribution in [3.8, 4) is 0 Å². The molecule has 1 aromatic carbocycles. The van der Waals surface area contributed by atoms with Crippen LogP contribution in [0.3, 0.4) is 0 Å². The predicted octanol–water partition coefficient (Wildman–Crippen LogP) is 2.80. The first kappa shape index (κ1) is 15.7. The molecular weight excluding hydrogens is 297 g/mol. The Morgan fingerprint density at radius 1 is 1.33 bits per heavy atom. The number of rotatable bonds is 3. The first-order valence-electron chi connectivity index (χ1n) is 6.12. The summed E-state index contributed by atoms with van der Waals surface area (Å²) in [6.07, 6.45) is -5.50. The van der Waals surface area contributed by atoms with Crippen molar-refractivity contribution in [2.45, 2.75) is 19.1 Å². The number of aliphatic carboxylic acids is 1. The molecule has 0 radical (unpaired) electrons. The van der Waals surface area contributed by atoms with Gasteiger partial charge in [-0.15, -0.1) is 0 Å². The first-order valence-corrected chi connectivity index (χ1v) is 6.12. The minimum absolute atomic E-state index is 0.0987. The molecule has 1 saturated heterocycles. The Morgan fingerprint density at radius 3 is 2.52 bits per heavy atom. The summed E-state index contributed by atoms with van der Waals surface area (Å²) in [5, 5.41) is 8.90. The minimum Gasteiger partial charge on any atom is -0.481 e. The molecule has 1 N–H and O–H groups in total. The zero-order chi connectivity index (χ0) is 15.8. The molecule has 0 aliphatic carbocycles. The van der Waals surface area contributed by atoms with Crippen LogP contribution in [0.5, 0.6) is 0 Å². The molecule has 1 atom stereocenters. The van der Waals surface area contributed by atoms with E-state index in [4.69, 9.17) is 5.11 Å². The van der Waals surface area contributed by atoms with E-state index in [0.29, 0.717) is 0 Å². The zero-order valence-electron chi connectivity index (χ0n) is 10.8. The number of carboxylic acids is 1. The second-order valence-electron chi connectivity index (χ2n) is 5.08. The van der Waals surface area contributed by atoms with Crippen molar-refractivity contribution in [1.82, 2.24) is 4.90 Å². The van der Waals surface area contributed by atoms with Crippen LogP contribution in [0.2, 0.25) is 0 Å². The summed E-state index contributed by atoms with van der Waals surface area (Å²) >= 11 is 0. The first-order chi connectivity index (χ1) is 9.65. The Kier molecular flexibility index (Phi) is 3.92. The average molecular weight is 309 g/mol. The molecule has 21 heavy (non-hydrogen) atoms. The summed E-state index contributed by atoms with van der Waals surface area (Å²) in [4.78, 5) is 12.2. The highest BCUT2D eigenvalue weighted by Gasteiger charge is 2.63. The lowest BCUT2D eigenvalue weighted by atomic mass is 9.86. The van der Waals surface area contributed by atoms with E-state index in [0.717, 1.165) is 18.2 Å². The molecule has 1 heterocycles. The van der Waals surface area contributed by atoms with Crippen LogP contribution in [0, 0.1) is 17.0 Å². The normalized spacial score (nSPS) is 23.5. The fourth-order valence-corrected chi connectivity index (χ4v) is 2.46. The average Bonchev–Trinajstić information content (AvgIpc) is 2.79. The van der Waals surface area contributed by atoms with Gasteiger partial charge in [-0.25, -0.2) is 8.78 Å². The van der Waals surface area contributed by atoms with Crippen LogP contribution in [-0.2, 0) is 11.3 Å². The minimum atomic E-state index is -4.89. The van der Waals surface area contributed by atoms with Crippen molar-refractivity contribution in [3.63, 3.8) is 0 Å². The van der Waals surface area contributed by atoms with Crippen molar-refractivity contribution in [2.75, 3.05) is 13.1 Å². The van der Waals surface area contributed by atoms with Crippen molar-refractivity contribution < 1.29 is 31.9 Å². The Labute approximate surface area is 117 Å². The standard InChI is InChI=1S/C13H12F5NO2/c14-9-1-2-10(15)8(5-9)6-19-4-3-12(7-19,11(20)21)13(16,17)18/h1-2,5H,3-4,6-7H2,(H,20,21). The van der Waals surface area contributed by atoms with Crippen LogP contribution in [0.1, 0.15) is 12.0 Å². The van der Waals surface area contributed by atoms with Gasteiger partial charge >= 0.3 is 12.1 Å². The van der Waals surface area contributed by atoms with Crippen LogP contribution < -0.4 is 0 Å². The molecule has 1 aromatic rings. The zero-order valence-corrected chi connectivity index (χ0v) is 10.8. The van der Waals surface area contributed by atoms with Gasteiger partial charge in [0.2, 0.25) is 0 Å². The number of nitrogens with zero attached hydrogens (tertiary/aromatic N) is 1. The van der Waals surface area contributed by atoms with E-state index in [1.165, 1.54) is 4.90 Å². The highest BCUT2D eigenvalue weighted by atomic mass is 19.4. The largest absolute Gasteiger partial charge is 0.481 e. The number of likely N-dealkylation sites (tertiary alicyclic amines) is 1. The molecule has 116 valence electrons. The van der Waals surface area contributed by atoms with E-state index < -0.39 is 42.2 Å². The van der Waals surface area contributed by atoms with Gasteiger partial charge in [-0.2, -0.15) is 13.2 Å². The van der Waals surface area contributed by atoms with Gasteiger partial charge in [0, 0.05) is 25.2 Å². The summed E-state index contributed by atoms with van der Waals surface area (Å²) < 4.78 is 65.4. The van der Waals surface area contributed by atoms with Crippen LogP contribution in [0.15, 0.2) is 18.2 Å². The van der Waals surface area contributed by atoms with Crippen LogP contribution in [0.25, 0.3) is 0 Å². The van der Waals surface area contributed by atoms with Crippen LogP contribution in [-0.4, -0.2) is 35.2 Å². The lowest BCUT2D eigenvalue weighted by Crippen LogP contribution is -2.47. The SMILES string of the molecule is O=C(O)C1(C(F)(F)F)CCN(Cc2cc(F)ccc2F)C1. The van der Waals surface area contributed by atoms with Crippen LogP contribution >= 0.6 is 0 Å². The van der Waals surface area contributed by atoms with Gasteiger partial charge in [0.25, 0.3) is 0 Å². The topological polar surface area (TPSA) is 40.5 Å². The number of alkyl halides is 3. The van der Waals surface area contributed by atoms with Gasteiger partial charge < -0.3 is 5.11 Å². The Hall–Kier alpha value is -1.70. The van der Waals surface area contributed by atoms with Crippen molar-refractivity contribution in [3.05, 3.63) is 35.4 Å². The summed E-state index contributed by atoms with van der Waals surface area (Å²) in [7, 11) is 0. The monoisotopic (exact) mass is 309 g/mol. The molecule has 0 amide bonds. The summed E-state index contributed by atoms with van der Waals surface area (Å²) in [6.45, 7) is -1.20. The van der Waals surface area contributed by atoms with E-state index in [2.05, 4.69) is 0 Å². The Bertz CT molecular complexity index is 560. The second kappa shape index (κ2) is 5.25. The van der Waals surface area contributed by atoms with Crippen LogP contribution in [0.4, 0.5) is 22.0 Å². The number of carbonyl (C=O) groups is 1. The van der Waals surface area contributed by atoms with Gasteiger partial charge in [-0.3, -0.25) is 9.69 Å². The highest BCUT2D eigenvalue weighted by molar-refractivity contribution is 5.76. The number of hydrogen-bond acceptors (Lipinski definition) is 2. The third kappa shape index (κ3) is 2.85. The summed E-state index contributed by atoms with van der Waals surface area (Å²) in [5.41, 5.74) is -2.95. The maximum absolute atomic E-state index is 13.5. The second-order valence-corrected chi connectivity index (χ2v) is 5.08. The number of hydrogen-bond donors (Lipinski definition) is 1. The van der Waals surface area contributed by atoms with Crippen molar-refractivity contribution >= 4 is 5.97 Å². The maximum atomic E-state index is 13.5. The van der Waals surface area contributed by atoms with Gasteiger partial charge in [-0.1, -0.05) is 0 Å². The lowest BCUT2D eigenvalue weighted by Gasteiger charge is -2.27. The lowest BCUT2D eigenvalue weighted by molar-refractivity contribution is -0.227. The highest BCUT2D eigenvalue weighted by Crippen LogP contribution is 2.46. The van der Waals surface area contributed by atoms with Gasteiger partial charge in [0.15, 0.2) is 5.41 Å². The molecule has 1 unspecified atom stereocenters. The molecule has 0 bridgehead atoms. The number of halogens is 5. The molecular formula is C13H12F5NO2. The van der Waals surface area contributed by atoms with Crippen molar-refractivity contribution in [2.24, 2.45) is 5.41 Å². The van der Waals surface area contributed by atoms with E-state index in [1.807, 2.05) is 0 Å². The van der Waals surface area contributed by atoms with E-state index >= 15 is 0 Å². The Morgan fingerprint density at radius 2 is 2.00 bits per heavy atom. The van der Waals surface area contributed by atoms with E-state index in [1.54, 1.807) is 0 Å². The third-order valence-electron chi connectivity index (χ3n) is 3.70. The molecule has 1 fully saturated rings. The number of benzene rings is 1. The van der Waals surface area contributed by atoms with E-state index in [9.17, 15) is 26.7 Å². The number of carboxylic acid groups (broad SMARTS) is 1. The molecule has 1 aliphatic rings.